The molecule has 0 radical (unpaired) electrons. The number of rotatable bonds is 3. The van der Waals surface area contributed by atoms with Gasteiger partial charge in [-0.05, 0) is 25.5 Å². The number of aliphatic hydroxyl groups excluding tert-OH is 1. The Kier molecular flexibility index (Phi) is 4.17. The van der Waals surface area contributed by atoms with Gasteiger partial charge in [-0.2, -0.15) is 0 Å². The third kappa shape index (κ3) is 2.77. The molecule has 0 bridgehead atoms. The Balaban J connectivity index is 2.33. The van der Waals surface area contributed by atoms with Crippen LogP contribution in [0.25, 0.3) is 0 Å². The van der Waals surface area contributed by atoms with Gasteiger partial charge in [-0.15, -0.1) is 0 Å². The number of halogens is 1. The number of anilines is 1. The van der Waals surface area contributed by atoms with E-state index in [-0.39, 0.29) is 17.9 Å². The average Bonchev–Trinajstić information content (AvgIpc) is 2.87. The number of nitrogens with two attached hydrogens (primary N) is 1. The van der Waals surface area contributed by atoms with E-state index in [0.29, 0.717) is 10.6 Å². The third-order valence-corrected chi connectivity index (χ3v) is 3.92. The Labute approximate surface area is 117 Å². The number of hydrogen-bond acceptors (Lipinski definition) is 4. The first kappa shape index (κ1) is 14.0. The lowest BCUT2D eigenvalue weighted by molar-refractivity contribution is 0.136. The molecule has 1 fully saturated rings. The zero-order valence-electron chi connectivity index (χ0n) is 10.8. The molecule has 1 aromatic rings. The van der Waals surface area contributed by atoms with Crippen molar-refractivity contribution in [2.45, 2.75) is 19.4 Å². The smallest absolute Gasteiger partial charge is 0.173 e. The molecule has 0 spiro atoms. The maximum absolute atomic E-state index is 9.65. The first-order valence-corrected chi connectivity index (χ1v) is 6.61. The molecule has 0 aromatic heterocycles. The molecule has 1 aliphatic rings. The monoisotopic (exact) mass is 283 g/mol. The fourth-order valence-corrected chi connectivity index (χ4v) is 2.75. The van der Waals surface area contributed by atoms with Crippen LogP contribution in [0.5, 0.6) is 0 Å². The molecule has 1 saturated heterocycles. The highest BCUT2D eigenvalue weighted by molar-refractivity contribution is 6.34. The molecule has 1 heterocycles. The van der Waals surface area contributed by atoms with Gasteiger partial charge in [0.1, 0.15) is 0 Å². The Morgan fingerprint density at radius 2 is 2.32 bits per heavy atom. The van der Waals surface area contributed by atoms with Gasteiger partial charge in [0, 0.05) is 24.7 Å². The predicted molar refractivity (Wildman–Crippen MR) is 76.0 cm³/mol. The molecular weight excluding hydrogens is 266 g/mol. The fraction of sp³-hybridized carbons (Fsp3) is 0.462. The highest BCUT2D eigenvalue weighted by Crippen LogP contribution is 2.32. The molecule has 104 valence electrons. The lowest BCUT2D eigenvalue weighted by atomic mass is 10.0. The SMILES string of the molecule is CC(O)C1CCN(c2cccc(Cl)c2/C(N)=N/O)C1. The summed E-state index contributed by atoms with van der Waals surface area (Å²) < 4.78 is 0. The van der Waals surface area contributed by atoms with Gasteiger partial charge >= 0.3 is 0 Å². The quantitative estimate of drug-likeness (QED) is 0.341. The maximum atomic E-state index is 9.65. The van der Waals surface area contributed by atoms with Crippen LogP contribution in [-0.4, -0.2) is 35.3 Å². The lowest BCUT2D eigenvalue weighted by Gasteiger charge is -2.23. The second-order valence-corrected chi connectivity index (χ2v) is 5.26. The first-order valence-electron chi connectivity index (χ1n) is 6.24. The van der Waals surface area contributed by atoms with Gasteiger partial charge in [0.2, 0.25) is 0 Å². The molecule has 5 nitrogen and oxygen atoms in total. The largest absolute Gasteiger partial charge is 0.409 e. The summed E-state index contributed by atoms with van der Waals surface area (Å²) >= 11 is 6.13. The molecule has 4 N–H and O–H groups in total. The Bertz CT molecular complexity index is 491. The lowest BCUT2D eigenvalue weighted by Crippen LogP contribution is -2.27. The van der Waals surface area contributed by atoms with Gasteiger partial charge in [-0.3, -0.25) is 0 Å². The normalized spacial score (nSPS) is 21.7. The van der Waals surface area contributed by atoms with Crippen LogP contribution in [0.1, 0.15) is 18.9 Å². The number of nitrogens with zero attached hydrogens (tertiary/aromatic N) is 2. The van der Waals surface area contributed by atoms with Gasteiger partial charge in [-0.1, -0.05) is 22.8 Å². The minimum atomic E-state index is -0.337. The average molecular weight is 284 g/mol. The van der Waals surface area contributed by atoms with E-state index >= 15 is 0 Å². The second kappa shape index (κ2) is 5.67. The van der Waals surface area contributed by atoms with Gasteiger partial charge < -0.3 is 20.9 Å². The summed E-state index contributed by atoms with van der Waals surface area (Å²) in [4.78, 5) is 2.11. The van der Waals surface area contributed by atoms with E-state index in [1.54, 1.807) is 13.0 Å². The van der Waals surface area contributed by atoms with Crippen molar-refractivity contribution in [1.29, 1.82) is 0 Å². The van der Waals surface area contributed by atoms with Crippen LogP contribution in [-0.2, 0) is 0 Å². The van der Waals surface area contributed by atoms with Crippen LogP contribution in [0.2, 0.25) is 5.02 Å². The van der Waals surface area contributed by atoms with Crippen LogP contribution < -0.4 is 10.6 Å². The molecule has 0 aliphatic carbocycles. The molecule has 2 unspecified atom stereocenters. The molecule has 1 aromatic carbocycles. The van der Waals surface area contributed by atoms with Crippen molar-refractivity contribution in [1.82, 2.24) is 0 Å². The van der Waals surface area contributed by atoms with Crippen LogP contribution in [0, 0.1) is 5.92 Å². The number of oxime groups is 1. The molecular formula is C13H18ClN3O2. The molecule has 6 heteroatoms. The predicted octanol–water partition coefficient (Wildman–Crippen LogP) is 1.64. The third-order valence-electron chi connectivity index (χ3n) is 3.60. The summed E-state index contributed by atoms with van der Waals surface area (Å²) in [7, 11) is 0. The van der Waals surface area contributed by atoms with Crippen molar-refractivity contribution in [3.63, 3.8) is 0 Å². The van der Waals surface area contributed by atoms with E-state index in [9.17, 15) is 5.11 Å². The maximum Gasteiger partial charge on any atom is 0.173 e. The Hall–Kier alpha value is -1.46. The van der Waals surface area contributed by atoms with Crippen molar-refractivity contribution in [2.24, 2.45) is 16.8 Å². The van der Waals surface area contributed by atoms with E-state index in [0.717, 1.165) is 25.2 Å². The van der Waals surface area contributed by atoms with Crippen molar-refractivity contribution in [2.75, 3.05) is 18.0 Å². The van der Waals surface area contributed by atoms with Gasteiger partial charge in [0.05, 0.1) is 16.7 Å². The number of hydrogen-bond donors (Lipinski definition) is 3. The first-order chi connectivity index (χ1) is 9.04. The zero-order valence-corrected chi connectivity index (χ0v) is 11.5. The van der Waals surface area contributed by atoms with Crippen LogP contribution >= 0.6 is 11.6 Å². The summed E-state index contributed by atoms with van der Waals surface area (Å²) in [6.45, 7) is 3.36. The van der Waals surface area contributed by atoms with Crippen LogP contribution in [0.15, 0.2) is 23.4 Å². The Morgan fingerprint density at radius 3 is 2.89 bits per heavy atom. The fourth-order valence-electron chi connectivity index (χ4n) is 2.48. The summed E-state index contributed by atoms with van der Waals surface area (Å²) in [6, 6.07) is 5.44. The van der Waals surface area contributed by atoms with E-state index in [4.69, 9.17) is 22.5 Å². The number of aliphatic hydroxyl groups is 1. The number of amidine groups is 1. The minimum Gasteiger partial charge on any atom is -0.409 e. The molecule has 0 amide bonds. The Morgan fingerprint density at radius 1 is 1.58 bits per heavy atom. The standard InChI is InChI=1S/C13H18ClN3O2/c1-8(18)9-5-6-17(7-9)11-4-2-3-10(14)12(11)13(15)16-19/h2-4,8-9,18-19H,5-7H2,1H3,(H2,15,16). The van der Waals surface area contributed by atoms with Crippen molar-refractivity contribution in [3.05, 3.63) is 28.8 Å². The van der Waals surface area contributed by atoms with Gasteiger partial charge in [0.15, 0.2) is 5.84 Å². The highest BCUT2D eigenvalue weighted by Gasteiger charge is 2.28. The summed E-state index contributed by atoms with van der Waals surface area (Å²) in [5.41, 5.74) is 7.08. The summed E-state index contributed by atoms with van der Waals surface area (Å²) in [6.07, 6.45) is 0.580. The van der Waals surface area contributed by atoms with E-state index < -0.39 is 0 Å². The van der Waals surface area contributed by atoms with Crippen molar-refractivity contribution >= 4 is 23.1 Å². The molecule has 19 heavy (non-hydrogen) atoms. The summed E-state index contributed by atoms with van der Waals surface area (Å²) in [5.74, 6) is 0.236. The van der Waals surface area contributed by atoms with E-state index in [1.165, 1.54) is 0 Å². The zero-order chi connectivity index (χ0) is 14.0. The molecule has 2 rings (SSSR count). The second-order valence-electron chi connectivity index (χ2n) is 4.85. The van der Waals surface area contributed by atoms with Crippen LogP contribution in [0.3, 0.4) is 0 Å². The van der Waals surface area contributed by atoms with Crippen molar-refractivity contribution in [3.8, 4) is 0 Å². The molecule has 1 aliphatic heterocycles. The molecule has 0 saturated carbocycles. The van der Waals surface area contributed by atoms with E-state index in [2.05, 4.69) is 10.1 Å². The van der Waals surface area contributed by atoms with Crippen LogP contribution in [0.4, 0.5) is 5.69 Å². The topological polar surface area (TPSA) is 82.1 Å². The highest BCUT2D eigenvalue weighted by atomic mass is 35.5. The number of benzene rings is 1. The van der Waals surface area contributed by atoms with E-state index in [1.807, 2.05) is 12.1 Å². The summed E-state index contributed by atoms with van der Waals surface area (Å²) in [5, 5.41) is 22.0. The molecule has 2 atom stereocenters. The van der Waals surface area contributed by atoms with Gasteiger partial charge in [0.25, 0.3) is 0 Å². The van der Waals surface area contributed by atoms with Gasteiger partial charge in [-0.25, -0.2) is 0 Å². The minimum absolute atomic E-state index is 0.00102. The van der Waals surface area contributed by atoms with Crippen molar-refractivity contribution < 1.29 is 10.3 Å².